The Balaban J connectivity index is 2.31. The molecule has 0 radical (unpaired) electrons. The number of ether oxygens (including phenoxy) is 1. The minimum absolute atomic E-state index is 0.0838. The molecule has 0 saturated carbocycles. The number of rotatable bonds is 8. The summed E-state index contributed by atoms with van der Waals surface area (Å²) in [6, 6.07) is 7.12. The van der Waals surface area contributed by atoms with Crippen LogP contribution in [0.2, 0.25) is 0 Å². The average molecular weight is 251 g/mol. The highest BCUT2D eigenvalue weighted by Crippen LogP contribution is 2.07. The average Bonchev–Trinajstić information content (AvgIpc) is 2.33. The third kappa shape index (κ3) is 4.94. The van der Waals surface area contributed by atoms with Gasteiger partial charge < -0.3 is 21.5 Å². The lowest BCUT2D eigenvalue weighted by Crippen LogP contribution is -2.24. The summed E-state index contributed by atoms with van der Waals surface area (Å²) in [5.74, 6) is -0.938. The molecule has 0 bridgehead atoms. The van der Waals surface area contributed by atoms with Gasteiger partial charge in [-0.15, -0.1) is 0 Å². The van der Waals surface area contributed by atoms with Gasteiger partial charge in [-0.1, -0.05) is 18.2 Å². The van der Waals surface area contributed by atoms with Crippen molar-refractivity contribution >= 4 is 11.8 Å². The molecule has 6 heteroatoms. The second-order valence-electron chi connectivity index (χ2n) is 3.72. The molecule has 6 nitrogen and oxygen atoms in total. The maximum absolute atomic E-state index is 11.2. The predicted octanol–water partition coefficient (Wildman–Crippen LogP) is -0.623. The maximum Gasteiger partial charge on any atom is 0.249 e. The van der Waals surface area contributed by atoms with E-state index in [4.69, 9.17) is 16.2 Å². The van der Waals surface area contributed by atoms with E-state index in [9.17, 15) is 9.59 Å². The van der Waals surface area contributed by atoms with Crippen LogP contribution in [-0.2, 0) is 16.1 Å². The Morgan fingerprint density at radius 1 is 1.22 bits per heavy atom. The Hall–Kier alpha value is -1.92. The standard InChI is InChI=1S/C12H17N3O3/c13-11(16)8-18-6-5-15-7-9-3-1-2-4-10(9)12(14)17/h1-4,15H,5-8H2,(H2,13,16)(H2,14,17). The van der Waals surface area contributed by atoms with Crippen LogP contribution in [0.25, 0.3) is 0 Å². The molecule has 0 unspecified atom stereocenters. The first-order valence-corrected chi connectivity index (χ1v) is 5.55. The summed E-state index contributed by atoms with van der Waals surface area (Å²) < 4.78 is 4.98. The highest BCUT2D eigenvalue weighted by Gasteiger charge is 2.05. The van der Waals surface area contributed by atoms with Gasteiger partial charge in [-0.05, 0) is 11.6 Å². The SMILES string of the molecule is NC(=O)COCCNCc1ccccc1C(N)=O. The summed E-state index contributed by atoms with van der Waals surface area (Å²) in [4.78, 5) is 21.5. The molecule has 1 aromatic rings. The fourth-order valence-corrected chi connectivity index (χ4v) is 1.45. The second kappa shape index (κ2) is 7.41. The Kier molecular flexibility index (Phi) is 5.83. The summed E-state index contributed by atoms with van der Waals surface area (Å²) in [6.07, 6.45) is 0. The smallest absolute Gasteiger partial charge is 0.249 e. The van der Waals surface area contributed by atoms with Gasteiger partial charge in [0.2, 0.25) is 11.8 Å². The van der Waals surface area contributed by atoms with Crippen molar-refractivity contribution in [2.24, 2.45) is 11.5 Å². The lowest BCUT2D eigenvalue weighted by molar-refractivity contribution is -0.122. The van der Waals surface area contributed by atoms with E-state index >= 15 is 0 Å². The molecular formula is C12H17N3O3. The Labute approximate surface area is 105 Å². The van der Waals surface area contributed by atoms with E-state index in [1.807, 2.05) is 12.1 Å². The van der Waals surface area contributed by atoms with Crippen LogP contribution < -0.4 is 16.8 Å². The van der Waals surface area contributed by atoms with Crippen molar-refractivity contribution in [3.63, 3.8) is 0 Å². The van der Waals surface area contributed by atoms with Gasteiger partial charge in [0, 0.05) is 18.7 Å². The zero-order valence-corrected chi connectivity index (χ0v) is 10.0. The largest absolute Gasteiger partial charge is 0.370 e. The molecule has 1 rings (SSSR count). The van der Waals surface area contributed by atoms with Crippen molar-refractivity contribution in [2.45, 2.75) is 6.54 Å². The molecule has 2 amide bonds. The number of nitrogens with one attached hydrogen (secondary N) is 1. The van der Waals surface area contributed by atoms with Gasteiger partial charge in [-0.2, -0.15) is 0 Å². The van der Waals surface area contributed by atoms with Crippen LogP contribution in [0.3, 0.4) is 0 Å². The molecule has 5 N–H and O–H groups in total. The number of amides is 2. The number of hydrogen-bond donors (Lipinski definition) is 3. The van der Waals surface area contributed by atoms with Gasteiger partial charge in [0.25, 0.3) is 0 Å². The van der Waals surface area contributed by atoms with Gasteiger partial charge in [0.05, 0.1) is 6.61 Å². The van der Waals surface area contributed by atoms with E-state index in [0.29, 0.717) is 25.3 Å². The molecule has 0 saturated heterocycles. The molecule has 0 fully saturated rings. The molecule has 0 aromatic heterocycles. The number of carbonyl (C=O) groups excluding carboxylic acids is 2. The summed E-state index contributed by atoms with van der Waals surface area (Å²) in [6.45, 7) is 1.36. The second-order valence-corrected chi connectivity index (χ2v) is 3.72. The summed E-state index contributed by atoms with van der Waals surface area (Å²) in [5.41, 5.74) is 11.5. The van der Waals surface area contributed by atoms with Crippen molar-refractivity contribution in [3.8, 4) is 0 Å². The third-order valence-electron chi connectivity index (χ3n) is 2.27. The molecule has 0 aliphatic carbocycles. The maximum atomic E-state index is 11.2. The summed E-state index contributed by atoms with van der Waals surface area (Å²) in [5, 5.41) is 3.09. The number of benzene rings is 1. The molecule has 98 valence electrons. The third-order valence-corrected chi connectivity index (χ3v) is 2.27. The summed E-state index contributed by atoms with van der Waals surface area (Å²) >= 11 is 0. The molecule has 18 heavy (non-hydrogen) atoms. The number of carbonyl (C=O) groups is 2. The lowest BCUT2D eigenvalue weighted by atomic mass is 10.1. The van der Waals surface area contributed by atoms with Crippen LogP contribution in [0.5, 0.6) is 0 Å². The number of nitrogens with two attached hydrogens (primary N) is 2. The number of hydrogen-bond acceptors (Lipinski definition) is 4. The van der Waals surface area contributed by atoms with E-state index in [2.05, 4.69) is 5.32 Å². The predicted molar refractivity (Wildman–Crippen MR) is 66.7 cm³/mol. The molecule has 1 aromatic carbocycles. The summed E-state index contributed by atoms with van der Waals surface area (Å²) in [7, 11) is 0. The van der Waals surface area contributed by atoms with E-state index in [1.165, 1.54) is 0 Å². The highest BCUT2D eigenvalue weighted by atomic mass is 16.5. The number of primary amides is 2. The minimum Gasteiger partial charge on any atom is -0.370 e. The van der Waals surface area contributed by atoms with E-state index < -0.39 is 11.8 Å². The van der Waals surface area contributed by atoms with Gasteiger partial charge >= 0.3 is 0 Å². The monoisotopic (exact) mass is 251 g/mol. The van der Waals surface area contributed by atoms with Crippen molar-refractivity contribution in [1.82, 2.24) is 5.32 Å². The lowest BCUT2D eigenvalue weighted by Gasteiger charge is -2.08. The molecule has 0 aliphatic rings. The fourth-order valence-electron chi connectivity index (χ4n) is 1.45. The van der Waals surface area contributed by atoms with Gasteiger partial charge in [0.15, 0.2) is 0 Å². The molecule has 0 aliphatic heterocycles. The van der Waals surface area contributed by atoms with E-state index in [-0.39, 0.29) is 6.61 Å². The highest BCUT2D eigenvalue weighted by molar-refractivity contribution is 5.94. The van der Waals surface area contributed by atoms with Crippen LogP contribution in [0.15, 0.2) is 24.3 Å². The van der Waals surface area contributed by atoms with Gasteiger partial charge in [-0.3, -0.25) is 9.59 Å². The van der Waals surface area contributed by atoms with Crippen LogP contribution in [0.4, 0.5) is 0 Å². The Morgan fingerprint density at radius 2 is 1.94 bits per heavy atom. The first kappa shape index (κ1) is 14.1. The van der Waals surface area contributed by atoms with Crippen molar-refractivity contribution in [1.29, 1.82) is 0 Å². The first-order valence-electron chi connectivity index (χ1n) is 5.55. The normalized spacial score (nSPS) is 10.2. The molecule has 0 spiro atoms. The van der Waals surface area contributed by atoms with Crippen molar-refractivity contribution in [3.05, 3.63) is 35.4 Å². The zero-order valence-electron chi connectivity index (χ0n) is 10.0. The van der Waals surface area contributed by atoms with Gasteiger partial charge in [0.1, 0.15) is 6.61 Å². The van der Waals surface area contributed by atoms with Crippen LogP contribution in [0.1, 0.15) is 15.9 Å². The quantitative estimate of drug-likeness (QED) is 0.535. The van der Waals surface area contributed by atoms with Crippen molar-refractivity contribution in [2.75, 3.05) is 19.8 Å². The molecule has 0 atom stereocenters. The van der Waals surface area contributed by atoms with Crippen LogP contribution >= 0.6 is 0 Å². The fraction of sp³-hybridized carbons (Fsp3) is 0.333. The first-order chi connectivity index (χ1) is 8.61. The Morgan fingerprint density at radius 3 is 2.61 bits per heavy atom. The zero-order chi connectivity index (χ0) is 13.4. The minimum atomic E-state index is -0.492. The van der Waals surface area contributed by atoms with Crippen LogP contribution in [-0.4, -0.2) is 31.6 Å². The molecule has 0 heterocycles. The molecular weight excluding hydrogens is 234 g/mol. The Bertz CT molecular complexity index is 421. The van der Waals surface area contributed by atoms with E-state index in [1.54, 1.807) is 12.1 Å². The van der Waals surface area contributed by atoms with E-state index in [0.717, 1.165) is 5.56 Å². The topological polar surface area (TPSA) is 107 Å². The van der Waals surface area contributed by atoms with Crippen LogP contribution in [0, 0.1) is 0 Å². The van der Waals surface area contributed by atoms with Crippen molar-refractivity contribution < 1.29 is 14.3 Å². The van der Waals surface area contributed by atoms with Gasteiger partial charge in [-0.25, -0.2) is 0 Å².